The molecule has 2 atom stereocenters. The highest BCUT2D eigenvalue weighted by molar-refractivity contribution is 7.46. The van der Waals surface area contributed by atoms with Gasteiger partial charge in [0.2, 0.25) is 0 Å². The lowest BCUT2D eigenvalue weighted by Crippen LogP contribution is -2.29. The molecule has 0 fully saturated rings. The van der Waals surface area contributed by atoms with Gasteiger partial charge in [0, 0.05) is 12.8 Å². The lowest BCUT2D eigenvalue weighted by atomic mass is 10.1. The van der Waals surface area contributed by atoms with E-state index in [1.807, 2.05) is 18.2 Å². The molecule has 0 aromatic heterocycles. The average Bonchev–Trinajstić information content (AvgIpc) is 3.15. The molecule has 0 amide bonds. The molecule has 0 radical (unpaired) electrons. The zero-order chi connectivity index (χ0) is 40.5. The fourth-order valence-electron chi connectivity index (χ4n) is 4.82. The van der Waals surface area contributed by atoms with Gasteiger partial charge >= 0.3 is 19.8 Å². The molecule has 0 aliphatic heterocycles. The molecule has 0 bridgehead atoms. The highest BCUT2D eigenvalue weighted by Crippen LogP contribution is 2.36. The molecule has 1 unspecified atom stereocenters. The van der Waals surface area contributed by atoms with Gasteiger partial charge in [-0.2, -0.15) is 0 Å². The van der Waals surface area contributed by atoms with E-state index in [0.29, 0.717) is 25.7 Å². The number of carbonyl (C=O) groups excluding carboxylic acids is 2. The molecule has 0 aliphatic rings. The number of esters is 2. The quantitative estimate of drug-likeness (QED) is 0.0188. The highest BCUT2D eigenvalue weighted by atomic mass is 31.2. The lowest BCUT2D eigenvalue weighted by Gasteiger charge is -2.18. The van der Waals surface area contributed by atoms with Gasteiger partial charge in [0.1, 0.15) is 6.61 Å². The van der Waals surface area contributed by atoms with E-state index >= 15 is 0 Å². The summed E-state index contributed by atoms with van der Waals surface area (Å²) in [5, 5.41) is 10.1. The summed E-state index contributed by atoms with van der Waals surface area (Å²) in [6, 6.07) is 0. The van der Waals surface area contributed by atoms with Gasteiger partial charge in [-0.1, -0.05) is 142 Å². The SMILES string of the molecule is CC/C=C\C/C=C\C/C=C\C/C=C\C/C=C\CCCCCC(=O)OC[C@H](COP(=O)(O)O)OC(=O)CCC/C=C/C=C\C(O)C/C=C\C/C=C\CCCCC. The minimum absolute atomic E-state index is 0.0623. The third kappa shape index (κ3) is 41.7. The molecule has 0 heterocycles. The summed E-state index contributed by atoms with van der Waals surface area (Å²) < 4.78 is 26.2. The van der Waals surface area contributed by atoms with Gasteiger partial charge in [0.15, 0.2) is 6.10 Å². The first-order chi connectivity index (χ1) is 26.7. The average molecular weight is 787 g/mol. The van der Waals surface area contributed by atoms with Crippen LogP contribution in [-0.2, 0) is 28.2 Å². The zero-order valence-electron chi connectivity index (χ0n) is 33.6. The molecule has 55 heavy (non-hydrogen) atoms. The van der Waals surface area contributed by atoms with Crippen molar-refractivity contribution in [2.24, 2.45) is 0 Å². The fourth-order valence-corrected chi connectivity index (χ4v) is 5.18. The van der Waals surface area contributed by atoms with E-state index in [2.05, 4.69) is 91.3 Å². The van der Waals surface area contributed by atoms with Crippen molar-refractivity contribution >= 4 is 19.8 Å². The second-order valence-corrected chi connectivity index (χ2v) is 14.3. The van der Waals surface area contributed by atoms with Gasteiger partial charge in [-0.3, -0.25) is 14.1 Å². The number of ether oxygens (including phenoxy) is 2. The summed E-state index contributed by atoms with van der Waals surface area (Å²) in [6.07, 6.45) is 51.2. The van der Waals surface area contributed by atoms with E-state index in [0.717, 1.165) is 64.2 Å². The predicted molar refractivity (Wildman–Crippen MR) is 226 cm³/mol. The molecular formula is C45H71O9P. The molecular weight excluding hydrogens is 715 g/mol. The van der Waals surface area contributed by atoms with Crippen LogP contribution in [0.1, 0.15) is 136 Å². The van der Waals surface area contributed by atoms with Gasteiger partial charge < -0.3 is 24.4 Å². The van der Waals surface area contributed by atoms with Crippen LogP contribution in [0.4, 0.5) is 0 Å². The summed E-state index contributed by atoms with van der Waals surface area (Å²) in [6.45, 7) is 3.37. The lowest BCUT2D eigenvalue weighted by molar-refractivity contribution is -0.161. The van der Waals surface area contributed by atoms with Crippen LogP contribution in [0.2, 0.25) is 0 Å². The van der Waals surface area contributed by atoms with Crippen LogP contribution in [0.25, 0.3) is 0 Å². The molecule has 0 spiro atoms. The van der Waals surface area contributed by atoms with Gasteiger partial charge in [0.05, 0.1) is 12.7 Å². The first-order valence-electron chi connectivity index (χ1n) is 20.3. The Bertz CT molecular complexity index is 1270. The van der Waals surface area contributed by atoms with Crippen molar-refractivity contribution in [3.05, 3.63) is 109 Å². The van der Waals surface area contributed by atoms with E-state index in [-0.39, 0.29) is 19.4 Å². The second kappa shape index (κ2) is 38.9. The van der Waals surface area contributed by atoms with Crippen LogP contribution in [0.15, 0.2) is 109 Å². The molecule has 0 rings (SSSR count). The summed E-state index contributed by atoms with van der Waals surface area (Å²) >= 11 is 0. The largest absolute Gasteiger partial charge is 0.469 e. The predicted octanol–water partition coefficient (Wildman–Crippen LogP) is 11.4. The molecule has 0 aromatic rings. The number of hydrogen-bond acceptors (Lipinski definition) is 7. The van der Waals surface area contributed by atoms with Crippen molar-refractivity contribution in [1.29, 1.82) is 0 Å². The van der Waals surface area contributed by atoms with Crippen LogP contribution in [0, 0.1) is 0 Å². The number of aliphatic hydroxyl groups excluding tert-OH is 1. The number of unbranched alkanes of at least 4 members (excludes halogenated alkanes) is 7. The molecule has 10 heteroatoms. The fraction of sp³-hybridized carbons (Fsp3) is 0.556. The molecule has 0 aliphatic carbocycles. The highest BCUT2D eigenvalue weighted by Gasteiger charge is 2.22. The summed E-state index contributed by atoms with van der Waals surface area (Å²) in [5.41, 5.74) is 0. The van der Waals surface area contributed by atoms with Crippen molar-refractivity contribution < 1.29 is 43.0 Å². The Balaban J connectivity index is 4.21. The van der Waals surface area contributed by atoms with Crippen molar-refractivity contribution in [2.75, 3.05) is 13.2 Å². The Morgan fingerprint density at radius 1 is 0.582 bits per heavy atom. The molecule has 0 saturated heterocycles. The number of aliphatic hydroxyl groups is 1. The van der Waals surface area contributed by atoms with E-state index in [1.165, 1.54) is 19.3 Å². The van der Waals surface area contributed by atoms with Crippen LogP contribution < -0.4 is 0 Å². The van der Waals surface area contributed by atoms with E-state index < -0.39 is 38.6 Å². The Morgan fingerprint density at radius 3 is 1.69 bits per heavy atom. The third-order valence-corrected chi connectivity index (χ3v) is 8.34. The maximum Gasteiger partial charge on any atom is 0.469 e. The number of hydrogen-bond donors (Lipinski definition) is 3. The Morgan fingerprint density at radius 2 is 1.11 bits per heavy atom. The normalized spacial score (nSPS) is 14.2. The van der Waals surface area contributed by atoms with Crippen molar-refractivity contribution in [3.8, 4) is 0 Å². The molecule has 310 valence electrons. The number of carbonyl (C=O) groups is 2. The smallest absolute Gasteiger partial charge is 0.462 e. The monoisotopic (exact) mass is 786 g/mol. The van der Waals surface area contributed by atoms with Crippen molar-refractivity contribution in [1.82, 2.24) is 0 Å². The van der Waals surface area contributed by atoms with Gasteiger partial charge in [0.25, 0.3) is 0 Å². The van der Waals surface area contributed by atoms with Crippen molar-refractivity contribution in [3.63, 3.8) is 0 Å². The maximum atomic E-state index is 12.4. The van der Waals surface area contributed by atoms with Crippen LogP contribution >= 0.6 is 7.82 Å². The number of phosphoric ester groups is 1. The Labute approximate surface area is 332 Å². The van der Waals surface area contributed by atoms with E-state index in [4.69, 9.17) is 19.3 Å². The molecule has 9 nitrogen and oxygen atoms in total. The Kier molecular flexibility index (Phi) is 36.6. The van der Waals surface area contributed by atoms with E-state index in [9.17, 15) is 19.3 Å². The van der Waals surface area contributed by atoms with Crippen LogP contribution in [0.5, 0.6) is 0 Å². The van der Waals surface area contributed by atoms with Crippen LogP contribution in [-0.4, -0.2) is 52.3 Å². The number of allylic oxidation sites excluding steroid dienone is 16. The minimum Gasteiger partial charge on any atom is -0.462 e. The number of phosphoric acid groups is 1. The van der Waals surface area contributed by atoms with Gasteiger partial charge in [-0.05, 0) is 89.9 Å². The van der Waals surface area contributed by atoms with Crippen molar-refractivity contribution in [2.45, 2.75) is 148 Å². The molecule has 3 N–H and O–H groups in total. The zero-order valence-corrected chi connectivity index (χ0v) is 34.5. The third-order valence-electron chi connectivity index (χ3n) is 7.86. The first kappa shape index (κ1) is 51.7. The summed E-state index contributed by atoms with van der Waals surface area (Å²) in [5.74, 6) is -1.07. The summed E-state index contributed by atoms with van der Waals surface area (Å²) in [4.78, 5) is 42.8. The topological polar surface area (TPSA) is 140 Å². The van der Waals surface area contributed by atoms with Crippen LogP contribution in [0.3, 0.4) is 0 Å². The summed E-state index contributed by atoms with van der Waals surface area (Å²) in [7, 11) is -4.81. The molecule has 0 aromatic carbocycles. The van der Waals surface area contributed by atoms with Gasteiger partial charge in [-0.15, -0.1) is 0 Å². The first-order valence-corrected chi connectivity index (χ1v) is 21.8. The standard InChI is InChI=1S/C45H71O9P/c1-3-5-7-9-11-13-14-15-16-17-18-19-20-21-22-24-26-30-34-38-44(47)52-40-43(41-53-55(49,50)51)54-45(48)39-35-31-27-29-33-37-42(46)36-32-28-25-23-12-10-8-6-4-2/h5,7,11-13,15-16,18-19,21-23,27-29,32-33,37,42-43,46H,3-4,6,8-10,14,17,20,24-26,30-31,34-36,38-41H2,1-2H3,(H2,49,50,51)/b7-5-,13-11-,16-15-,19-18-,22-21-,23-12-,29-27+,32-28-,37-33-/t42?,43-/m1/s1. The van der Waals surface area contributed by atoms with Gasteiger partial charge in [-0.25, -0.2) is 4.57 Å². The Hall–Kier alpha value is -3.33. The maximum absolute atomic E-state index is 12.4. The molecule has 0 saturated carbocycles. The van der Waals surface area contributed by atoms with E-state index in [1.54, 1.807) is 18.2 Å². The second-order valence-electron chi connectivity index (χ2n) is 13.1. The number of rotatable bonds is 35. The minimum atomic E-state index is -4.81.